The minimum Gasteiger partial charge on any atom is -0.345 e. The number of sulfonamides is 1. The molecular formula is C17H17ClN6O3S. The number of carbonyl (C=O) groups excluding carboxylic acids is 1. The van der Waals surface area contributed by atoms with Crippen molar-refractivity contribution in [2.24, 2.45) is 0 Å². The molecular weight excluding hydrogens is 404 g/mol. The van der Waals surface area contributed by atoms with Crippen LogP contribution in [0.2, 0.25) is 5.02 Å². The van der Waals surface area contributed by atoms with Gasteiger partial charge in [-0.2, -0.15) is 4.68 Å². The second-order valence-electron chi connectivity index (χ2n) is 5.98. The molecule has 1 aromatic heterocycles. The van der Waals surface area contributed by atoms with E-state index in [0.29, 0.717) is 22.1 Å². The SMILES string of the molecule is CN(C)S(=O)(=O)c1ccc(C(=O)NCc2nnnn2-c2ccc(Cl)cc2)cc1. The number of nitrogens with one attached hydrogen (secondary N) is 1. The van der Waals surface area contributed by atoms with Gasteiger partial charge in [0, 0.05) is 24.7 Å². The molecule has 1 N–H and O–H groups in total. The summed E-state index contributed by atoms with van der Waals surface area (Å²) in [6, 6.07) is 12.6. The fraction of sp³-hybridized carbons (Fsp3) is 0.176. The lowest BCUT2D eigenvalue weighted by Crippen LogP contribution is -2.25. The van der Waals surface area contributed by atoms with Crippen LogP contribution >= 0.6 is 11.6 Å². The van der Waals surface area contributed by atoms with Crippen LogP contribution in [0.1, 0.15) is 16.2 Å². The van der Waals surface area contributed by atoms with Gasteiger partial charge in [-0.05, 0) is 59.0 Å². The molecule has 0 aliphatic carbocycles. The molecule has 1 amide bonds. The molecule has 0 aliphatic rings. The molecule has 0 saturated carbocycles. The number of tetrazole rings is 1. The monoisotopic (exact) mass is 420 g/mol. The fourth-order valence-corrected chi connectivity index (χ4v) is 3.38. The quantitative estimate of drug-likeness (QED) is 0.647. The highest BCUT2D eigenvalue weighted by Crippen LogP contribution is 2.15. The third kappa shape index (κ3) is 4.19. The molecule has 146 valence electrons. The number of nitrogens with zero attached hydrogens (tertiary/aromatic N) is 5. The normalized spacial score (nSPS) is 11.6. The van der Waals surface area contributed by atoms with Crippen molar-refractivity contribution in [3.8, 4) is 5.69 Å². The predicted molar refractivity (Wildman–Crippen MR) is 103 cm³/mol. The summed E-state index contributed by atoms with van der Waals surface area (Å²) in [5, 5.41) is 14.8. The maximum atomic E-state index is 12.4. The highest BCUT2D eigenvalue weighted by Gasteiger charge is 2.18. The van der Waals surface area contributed by atoms with Crippen LogP contribution in [0, 0.1) is 0 Å². The van der Waals surface area contributed by atoms with E-state index in [4.69, 9.17) is 11.6 Å². The summed E-state index contributed by atoms with van der Waals surface area (Å²) in [4.78, 5) is 12.5. The van der Waals surface area contributed by atoms with Gasteiger partial charge in [0.25, 0.3) is 5.91 Å². The molecule has 9 nitrogen and oxygen atoms in total. The van der Waals surface area contributed by atoms with E-state index in [1.165, 1.54) is 43.0 Å². The lowest BCUT2D eigenvalue weighted by molar-refractivity contribution is 0.0949. The molecule has 1 heterocycles. The van der Waals surface area contributed by atoms with E-state index >= 15 is 0 Å². The van der Waals surface area contributed by atoms with Crippen LogP contribution in [-0.4, -0.2) is 52.9 Å². The minimum absolute atomic E-state index is 0.0895. The first kappa shape index (κ1) is 19.9. The van der Waals surface area contributed by atoms with Crippen LogP contribution in [0.3, 0.4) is 0 Å². The molecule has 3 aromatic rings. The lowest BCUT2D eigenvalue weighted by Gasteiger charge is -2.11. The minimum atomic E-state index is -3.54. The van der Waals surface area contributed by atoms with Crippen LogP contribution in [0.5, 0.6) is 0 Å². The van der Waals surface area contributed by atoms with E-state index in [2.05, 4.69) is 20.8 Å². The Labute approximate surface area is 167 Å². The maximum absolute atomic E-state index is 12.4. The summed E-state index contributed by atoms with van der Waals surface area (Å²) in [6.07, 6.45) is 0. The molecule has 0 fully saturated rings. The van der Waals surface area contributed by atoms with E-state index in [9.17, 15) is 13.2 Å². The fourth-order valence-electron chi connectivity index (χ4n) is 2.35. The number of rotatable bonds is 6. The zero-order chi connectivity index (χ0) is 20.3. The van der Waals surface area contributed by atoms with E-state index in [1.807, 2.05) is 0 Å². The Hall–Kier alpha value is -2.82. The summed E-state index contributed by atoms with van der Waals surface area (Å²) in [5.74, 6) is 0.0573. The predicted octanol–water partition coefficient (Wildman–Crippen LogP) is 1.50. The molecule has 3 rings (SSSR count). The summed E-state index contributed by atoms with van der Waals surface area (Å²) in [7, 11) is -0.654. The van der Waals surface area contributed by atoms with Gasteiger partial charge < -0.3 is 5.32 Å². The topological polar surface area (TPSA) is 110 Å². The molecule has 0 atom stereocenters. The average Bonchev–Trinajstić information content (AvgIpc) is 3.15. The Kier molecular flexibility index (Phi) is 5.73. The molecule has 0 spiro atoms. The maximum Gasteiger partial charge on any atom is 0.251 e. The number of carbonyl (C=O) groups is 1. The number of aromatic nitrogens is 4. The highest BCUT2D eigenvalue weighted by atomic mass is 35.5. The van der Waals surface area contributed by atoms with Crippen molar-refractivity contribution >= 4 is 27.5 Å². The smallest absolute Gasteiger partial charge is 0.251 e. The highest BCUT2D eigenvalue weighted by molar-refractivity contribution is 7.89. The van der Waals surface area contributed by atoms with Gasteiger partial charge in [0.05, 0.1) is 17.1 Å². The van der Waals surface area contributed by atoms with Crippen molar-refractivity contribution in [1.82, 2.24) is 29.8 Å². The lowest BCUT2D eigenvalue weighted by atomic mass is 10.2. The van der Waals surface area contributed by atoms with Gasteiger partial charge >= 0.3 is 0 Å². The van der Waals surface area contributed by atoms with Crippen molar-refractivity contribution in [3.63, 3.8) is 0 Å². The summed E-state index contributed by atoms with van der Waals surface area (Å²) >= 11 is 5.88. The number of benzene rings is 2. The molecule has 0 saturated heterocycles. The first-order chi connectivity index (χ1) is 13.3. The summed E-state index contributed by atoms with van der Waals surface area (Å²) in [6.45, 7) is 0.0895. The van der Waals surface area contributed by atoms with Crippen LogP contribution < -0.4 is 5.32 Å². The third-order valence-electron chi connectivity index (χ3n) is 3.91. The second-order valence-corrected chi connectivity index (χ2v) is 8.57. The van der Waals surface area contributed by atoms with E-state index in [1.54, 1.807) is 24.3 Å². The van der Waals surface area contributed by atoms with Crippen LogP contribution in [0.25, 0.3) is 5.69 Å². The van der Waals surface area contributed by atoms with Gasteiger partial charge in [-0.15, -0.1) is 5.10 Å². The van der Waals surface area contributed by atoms with Gasteiger partial charge in [0.2, 0.25) is 10.0 Å². The number of hydrogen-bond acceptors (Lipinski definition) is 6. The largest absolute Gasteiger partial charge is 0.345 e. The zero-order valence-corrected chi connectivity index (χ0v) is 16.6. The van der Waals surface area contributed by atoms with Crippen LogP contribution in [0.15, 0.2) is 53.4 Å². The molecule has 0 bridgehead atoms. The van der Waals surface area contributed by atoms with E-state index in [-0.39, 0.29) is 17.3 Å². The van der Waals surface area contributed by atoms with Crippen molar-refractivity contribution in [2.45, 2.75) is 11.4 Å². The van der Waals surface area contributed by atoms with Gasteiger partial charge in [0.1, 0.15) is 0 Å². The number of halogens is 1. The summed E-state index contributed by atoms with van der Waals surface area (Å²) < 4.78 is 26.8. The molecule has 11 heteroatoms. The van der Waals surface area contributed by atoms with Crippen molar-refractivity contribution < 1.29 is 13.2 Å². The summed E-state index contributed by atoms with van der Waals surface area (Å²) in [5.41, 5.74) is 1.03. The van der Waals surface area contributed by atoms with Crippen LogP contribution in [-0.2, 0) is 16.6 Å². The van der Waals surface area contributed by atoms with Crippen molar-refractivity contribution in [1.29, 1.82) is 0 Å². The Morgan fingerprint density at radius 3 is 2.36 bits per heavy atom. The van der Waals surface area contributed by atoms with Crippen LogP contribution in [0.4, 0.5) is 0 Å². The Morgan fingerprint density at radius 2 is 1.75 bits per heavy atom. The Balaban J connectivity index is 1.70. The average molecular weight is 421 g/mol. The van der Waals surface area contributed by atoms with Gasteiger partial charge in [0.15, 0.2) is 5.82 Å². The third-order valence-corrected chi connectivity index (χ3v) is 5.99. The van der Waals surface area contributed by atoms with Gasteiger partial charge in [-0.25, -0.2) is 12.7 Å². The zero-order valence-electron chi connectivity index (χ0n) is 15.1. The first-order valence-corrected chi connectivity index (χ1v) is 9.95. The number of hydrogen-bond donors (Lipinski definition) is 1. The second kappa shape index (κ2) is 8.05. The first-order valence-electron chi connectivity index (χ1n) is 8.13. The van der Waals surface area contributed by atoms with Gasteiger partial charge in [-0.1, -0.05) is 11.6 Å². The van der Waals surface area contributed by atoms with Gasteiger partial charge in [-0.3, -0.25) is 4.79 Å². The molecule has 28 heavy (non-hydrogen) atoms. The van der Waals surface area contributed by atoms with E-state index < -0.39 is 10.0 Å². The Morgan fingerprint density at radius 1 is 1.11 bits per heavy atom. The van der Waals surface area contributed by atoms with E-state index in [0.717, 1.165) is 4.31 Å². The Bertz CT molecular complexity index is 1080. The standard InChI is InChI=1S/C17H17ClN6O3S/c1-23(2)28(26,27)15-9-3-12(4-10-15)17(25)19-11-16-20-21-22-24(16)14-7-5-13(18)6-8-14/h3-10H,11H2,1-2H3,(H,19,25). The molecule has 0 unspecified atom stereocenters. The molecule has 2 aromatic carbocycles. The molecule has 0 aliphatic heterocycles. The van der Waals surface area contributed by atoms with Crippen molar-refractivity contribution in [3.05, 3.63) is 64.9 Å². The number of amides is 1. The van der Waals surface area contributed by atoms with Crippen molar-refractivity contribution in [2.75, 3.05) is 14.1 Å². The molecule has 0 radical (unpaired) electrons.